The van der Waals surface area contributed by atoms with Crippen molar-refractivity contribution < 1.29 is 19.2 Å². The van der Waals surface area contributed by atoms with E-state index in [0.717, 1.165) is 12.1 Å². The van der Waals surface area contributed by atoms with E-state index in [2.05, 4.69) is 0 Å². The second kappa shape index (κ2) is 6.19. The van der Waals surface area contributed by atoms with Crippen LogP contribution in [0.1, 0.15) is 11.1 Å². The van der Waals surface area contributed by atoms with E-state index >= 15 is 0 Å². The van der Waals surface area contributed by atoms with Gasteiger partial charge in [0.15, 0.2) is 0 Å². The number of ether oxygens (including phenoxy) is 1. The Bertz CT molecular complexity index is 655. The molecule has 0 amide bonds. The molecular formula is C14H11BFNO3. The standard InChI is InChI=1S/C14H11BFNO3/c16-13-5-12(15(18)19)6-14(7-13)20-9-11-4-2-1-3-10(11)8-17/h1-7,18-19H,9H2. The topological polar surface area (TPSA) is 73.5 Å². The molecule has 20 heavy (non-hydrogen) atoms. The van der Waals surface area contributed by atoms with Gasteiger partial charge in [0, 0.05) is 11.6 Å². The Morgan fingerprint density at radius 2 is 1.95 bits per heavy atom. The van der Waals surface area contributed by atoms with Gasteiger partial charge < -0.3 is 14.8 Å². The Balaban J connectivity index is 2.17. The van der Waals surface area contributed by atoms with E-state index in [1.165, 1.54) is 6.07 Å². The molecule has 0 aliphatic heterocycles. The zero-order chi connectivity index (χ0) is 14.5. The van der Waals surface area contributed by atoms with E-state index in [4.69, 9.17) is 20.0 Å². The van der Waals surface area contributed by atoms with Crippen molar-refractivity contribution in [2.24, 2.45) is 0 Å². The maximum absolute atomic E-state index is 13.3. The minimum absolute atomic E-state index is 0.00793. The Morgan fingerprint density at radius 3 is 2.65 bits per heavy atom. The van der Waals surface area contributed by atoms with Gasteiger partial charge in [-0.2, -0.15) is 5.26 Å². The first-order valence-corrected chi connectivity index (χ1v) is 5.87. The van der Waals surface area contributed by atoms with Gasteiger partial charge in [-0.05, 0) is 23.7 Å². The number of nitriles is 1. The van der Waals surface area contributed by atoms with Crippen LogP contribution in [-0.2, 0) is 6.61 Å². The van der Waals surface area contributed by atoms with Crippen LogP contribution < -0.4 is 10.2 Å². The summed E-state index contributed by atoms with van der Waals surface area (Å²) in [6, 6.07) is 12.4. The van der Waals surface area contributed by atoms with Crippen molar-refractivity contribution in [1.82, 2.24) is 0 Å². The van der Waals surface area contributed by atoms with Crippen LogP contribution in [0, 0.1) is 17.1 Å². The molecule has 0 saturated heterocycles. The molecule has 0 fully saturated rings. The van der Waals surface area contributed by atoms with Gasteiger partial charge in [0.1, 0.15) is 18.2 Å². The SMILES string of the molecule is N#Cc1ccccc1COc1cc(F)cc(B(O)O)c1. The lowest BCUT2D eigenvalue weighted by molar-refractivity contribution is 0.304. The molecular weight excluding hydrogens is 260 g/mol. The van der Waals surface area contributed by atoms with Gasteiger partial charge in [-0.3, -0.25) is 0 Å². The average molecular weight is 271 g/mol. The highest BCUT2D eigenvalue weighted by Gasteiger charge is 2.14. The Hall–Kier alpha value is -2.36. The van der Waals surface area contributed by atoms with Crippen molar-refractivity contribution in [3.05, 3.63) is 59.4 Å². The van der Waals surface area contributed by atoms with E-state index < -0.39 is 12.9 Å². The highest BCUT2D eigenvalue weighted by Crippen LogP contribution is 2.15. The van der Waals surface area contributed by atoms with Crippen molar-refractivity contribution >= 4 is 12.6 Å². The Morgan fingerprint density at radius 1 is 1.20 bits per heavy atom. The van der Waals surface area contributed by atoms with Gasteiger partial charge in [0.2, 0.25) is 0 Å². The third-order valence-corrected chi connectivity index (χ3v) is 2.72. The van der Waals surface area contributed by atoms with Gasteiger partial charge in [0.05, 0.1) is 11.6 Å². The molecule has 2 rings (SSSR count). The first-order chi connectivity index (χ1) is 9.60. The monoisotopic (exact) mass is 271 g/mol. The van der Waals surface area contributed by atoms with Crippen LogP contribution in [0.15, 0.2) is 42.5 Å². The van der Waals surface area contributed by atoms with Gasteiger partial charge in [0.25, 0.3) is 0 Å². The molecule has 0 saturated carbocycles. The van der Waals surface area contributed by atoms with Crippen LogP contribution in [0.2, 0.25) is 0 Å². The lowest BCUT2D eigenvalue weighted by atomic mass is 9.80. The lowest BCUT2D eigenvalue weighted by Gasteiger charge is -2.09. The third kappa shape index (κ3) is 3.35. The van der Waals surface area contributed by atoms with Crippen molar-refractivity contribution in [3.8, 4) is 11.8 Å². The highest BCUT2D eigenvalue weighted by molar-refractivity contribution is 6.58. The minimum atomic E-state index is -1.76. The van der Waals surface area contributed by atoms with Gasteiger partial charge in [-0.15, -0.1) is 0 Å². The fourth-order valence-corrected chi connectivity index (χ4v) is 1.73. The summed E-state index contributed by atoms with van der Waals surface area (Å²) in [5, 5.41) is 27.0. The van der Waals surface area contributed by atoms with Gasteiger partial charge >= 0.3 is 7.12 Å². The molecule has 0 bridgehead atoms. The molecule has 0 aliphatic carbocycles. The molecule has 0 aliphatic rings. The van der Waals surface area contributed by atoms with Crippen molar-refractivity contribution in [2.45, 2.75) is 6.61 Å². The van der Waals surface area contributed by atoms with Crippen LogP contribution in [0.3, 0.4) is 0 Å². The van der Waals surface area contributed by atoms with Crippen LogP contribution >= 0.6 is 0 Å². The van der Waals surface area contributed by atoms with Crippen molar-refractivity contribution in [2.75, 3.05) is 0 Å². The lowest BCUT2D eigenvalue weighted by Crippen LogP contribution is -2.30. The minimum Gasteiger partial charge on any atom is -0.489 e. The van der Waals surface area contributed by atoms with Gasteiger partial charge in [-0.25, -0.2) is 4.39 Å². The molecule has 0 aromatic heterocycles. The molecule has 4 nitrogen and oxygen atoms in total. The Labute approximate surface area is 115 Å². The average Bonchev–Trinajstić information content (AvgIpc) is 2.44. The van der Waals surface area contributed by atoms with Crippen LogP contribution in [0.4, 0.5) is 4.39 Å². The molecule has 0 spiro atoms. The molecule has 2 aromatic rings. The summed E-state index contributed by atoms with van der Waals surface area (Å²) in [6.07, 6.45) is 0. The van der Waals surface area contributed by atoms with E-state index in [1.54, 1.807) is 24.3 Å². The number of hydrogen-bond donors (Lipinski definition) is 2. The quantitative estimate of drug-likeness (QED) is 0.812. The van der Waals surface area contributed by atoms with Gasteiger partial charge in [-0.1, -0.05) is 18.2 Å². The summed E-state index contributed by atoms with van der Waals surface area (Å²) in [5.74, 6) is -0.458. The summed E-state index contributed by atoms with van der Waals surface area (Å²) in [5.41, 5.74) is 1.16. The number of rotatable bonds is 4. The van der Waals surface area contributed by atoms with E-state index in [-0.39, 0.29) is 17.8 Å². The number of hydrogen-bond acceptors (Lipinski definition) is 4. The first kappa shape index (κ1) is 14.1. The van der Waals surface area contributed by atoms with E-state index in [1.807, 2.05) is 6.07 Å². The molecule has 2 aromatic carbocycles. The van der Waals surface area contributed by atoms with Crippen LogP contribution in [-0.4, -0.2) is 17.2 Å². The summed E-state index contributed by atoms with van der Waals surface area (Å²) in [6.45, 7) is 0.0914. The van der Waals surface area contributed by atoms with E-state index in [9.17, 15) is 4.39 Å². The predicted molar refractivity (Wildman–Crippen MR) is 71.7 cm³/mol. The summed E-state index contributed by atoms with van der Waals surface area (Å²) < 4.78 is 18.7. The fourth-order valence-electron chi connectivity index (χ4n) is 1.73. The zero-order valence-corrected chi connectivity index (χ0v) is 10.5. The molecule has 6 heteroatoms. The fraction of sp³-hybridized carbons (Fsp3) is 0.0714. The van der Waals surface area contributed by atoms with Crippen molar-refractivity contribution in [1.29, 1.82) is 5.26 Å². The largest absolute Gasteiger partial charge is 0.489 e. The molecule has 0 heterocycles. The summed E-state index contributed by atoms with van der Waals surface area (Å²) in [7, 11) is -1.76. The normalized spacial score (nSPS) is 9.90. The Kier molecular flexibility index (Phi) is 4.36. The van der Waals surface area contributed by atoms with E-state index in [0.29, 0.717) is 11.1 Å². The smallest absolute Gasteiger partial charge is 0.488 e. The number of nitrogens with zero attached hydrogens (tertiary/aromatic N) is 1. The zero-order valence-electron chi connectivity index (χ0n) is 10.5. The third-order valence-electron chi connectivity index (χ3n) is 2.72. The molecule has 100 valence electrons. The molecule has 2 N–H and O–H groups in total. The number of benzene rings is 2. The maximum Gasteiger partial charge on any atom is 0.488 e. The summed E-state index contributed by atoms with van der Waals surface area (Å²) in [4.78, 5) is 0. The summed E-state index contributed by atoms with van der Waals surface area (Å²) >= 11 is 0. The molecule has 0 atom stereocenters. The maximum atomic E-state index is 13.3. The highest BCUT2D eigenvalue weighted by atomic mass is 19.1. The van der Waals surface area contributed by atoms with Crippen LogP contribution in [0.5, 0.6) is 5.75 Å². The predicted octanol–water partition coefficient (Wildman–Crippen LogP) is 0.956. The second-order valence-electron chi connectivity index (χ2n) is 4.15. The first-order valence-electron chi connectivity index (χ1n) is 5.87. The number of halogens is 1. The van der Waals surface area contributed by atoms with Crippen LogP contribution in [0.25, 0.3) is 0 Å². The molecule has 0 radical (unpaired) electrons. The second-order valence-corrected chi connectivity index (χ2v) is 4.15. The van der Waals surface area contributed by atoms with Crippen molar-refractivity contribution in [3.63, 3.8) is 0 Å². The molecule has 0 unspecified atom stereocenters.